The summed E-state index contributed by atoms with van der Waals surface area (Å²) in [6, 6.07) is 4.83. The molecule has 0 saturated carbocycles. The highest BCUT2D eigenvalue weighted by Gasteiger charge is 2.37. The number of carbonyl (C=O) groups is 2. The van der Waals surface area contributed by atoms with E-state index in [0.717, 1.165) is 4.31 Å². The number of rotatable bonds is 5. The molecule has 0 aliphatic carbocycles. The van der Waals surface area contributed by atoms with Gasteiger partial charge >= 0.3 is 5.97 Å². The summed E-state index contributed by atoms with van der Waals surface area (Å²) in [7, 11) is -3.66. The van der Waals surface area contributed by atoms with E-state index in [1.165, 1.54) is 24.3 Å². The molecule has 0 aromatic heterocycles. The topological polar surface area (TPSA) is 118 Å². The molecule has 1 heterocycles. The van der Waals surface area contributed by atoms with Crippen molar-refractivity contribution < 1.29 is 23.1 Å². The summed E-state index contributed by atoms with van der Waals surface area (Å²) in [5.41, 5.74) is 5.78. The van der Waals surface area contributed by atoms with Crippen LogP contribution in [0.1, 0.15) is 28.8 Å². The molecule has 0 spiro atoms. The number of carbonyl (C=O) groups excluding carboxylic acids is 1. The van der Waals surface area contributed by atoms with Crippen LogP contribution in [0.2, 0.25) is 0 Å². The normalized spacial score (nSPS) is 19.5. The van der Waals surface area contributed by atoms with Crippen LogP contribution < -0.4 is 5.73 Å². The molecule has 1 saturated heterocycles. The number of benzene rings is 1. The monoisotopic (exact) mass is 312 g/mol. The summed E-state index contributed by atoms with van der Waals surface area (Å²) >= 11 is 0. The van der Waals surface area contributed by atoms with E-state index < -0.39 is 27.9 Å². The first-order valence-corrected chi connectivity index (χ1v) is 8.03. The molecule has 1 amide bonds. The van der Waals surface area contributed by atoms with Gasteiger partial charge in [0.05, 0.1) is 11.3 Å². The smallest absolute Gasteiger partial charge is 0.335 e. The first-order chi connectivity index (χ1) is 9.81. The van der Waals surface area contributed by atoms with Crippen LogP contribution in [0.5, 0.6) is 0 Å². The molecule has 7 nitrogen and oxygen atoms in total. The first kappa shape index (κ1) is 15.5. The Morgan fingerprint density at radius 3 is 2.43 bits per heavy atom. The maximum absolute atomic E-state index is 12.3. The molecule has 0 bridgehead atoms. The Hall–Kier alpha value is -1.93. The van der Waals surface area contributed by atoms with Crippen LogP contribution in [0.25, 0.3) is 0 Å². The fourth-order valence-electron chi connectivity index (χ4n) is 2.39. The van der Waals surface area contributed by atoms with E-state index in [2.05, 4.69) is 0 Å². The number of aromatic carboxylic acids is 1. The number of hydrogen-bond donors (Lipinski definition) is 2. The number of hydrogen-bond acceptors (Lipinski definition) is 4. The zero-order valence-corrected chi connectivity index (χ0v) is 12.0. The average molecular weight is 312 g/mol. The minimum atomic E-state index is -3.66. The predicted molar refractivity (Wildman–Crippen MR) is 74.9 cm³/mol. The summed E-state index contributed by atoms with van der Waals surface area (Å²) in [6.07, 6.45) is 1.04. The van der Waals surface area contributed by atoms with Gasteiger partial charge in [0.2, 0.25) is 15.9 Å². The van der Waals surface area contributed by atoms with Gasteiger partial charge in [-0.15, -0.1) is 0 Å². The Morgan fingerprint density at radius 2 is 1.90 bits per heavy atom. The average Bonchev–Trinajstić information content (AvgIpc) is 2.89. The lowest BCUT2D eigenvalue weighted by atomic mass is 10.1. The van der Waals surface area contributed by atoms with Crippen molar-refractivity contribution >= 4 is 21.9 Å². The van der Waals surface area contributed by atoms with Crippen LogP contribution in [0.3, 0.4) is 0 Å². The van der Waals surface area contributed by atoms with Gasteiger partial charge in [-0.1, -0.05) is 12.1 Å². The molecule has 1 fully saturated rings. The first-order valence-electron chi connectivity index (χ1n) is 6.42. The quantitative estimate of drug-likeness (QED) is 0.803. The third-order valence-corrected chi connectivity index (χ3v) is 5.29. The molecule has 1 atom stereocenters. The standard InChI is InChI=1S/C13H16N2O5S/c14-12(16)11-2-1-7-15(11)21(19,20)8-9-3-5-10(6-4-9)13(17)18/h3-6,11H,1-2,7-8H2,(H2,14,16)(H,17,18). The number of carboxylic acids is 1. The van der Waals surface area contributed by atoms with E-state index >= 15 is 0 Å². The van der Waals surface area contributed by atoms with E-state index in [1.807, 2.05) is 0 Å². The number of sulfonamides is 1. The van der Waals surface area contributed by atoms with Crippen molar-refractivity contribution in [2.45, 2.75) is 24.6 Å². The molecule has 0 radical (unpaired) electrons. The lowest BCUT2D eigenvalue weighted by Crippen LogP contribution is -2.44. The fourth-order valence-corrected chi connectivity index (χ4v) is 4.18. The molecule has 2 rings (SSSR count). The molecular weight excluding hydrogens is 296 g/mol. The maximum atomic E-state index is 12.3. The molecule has 3 N–H and O–H groups in total. The van der Waals surface area contributed by atoms with Crippen LogP contribution in [-0.2, 0) is 20.6 Å². The van der Waals surface area contributed by atoms with Gasteiger partial charge in [-0.3, -0.25) is 4.79 Å². The minimum absolute atomic E-state index is 0.0901. The van der Waals surface area contributed by atoms with Crippen molar-refractivity contribution in [1.82, 2.24) is 4.31 Å². The molecule has 114 valence electrons. The summed E-state index contributed by atoms with van der Waals surface area (Å²) in [4.78, 5) is 22.0. The van der Waals surface area contributed by atoms with Crippen molar-refractivity contribution in [3.05, 3.63) is 35.4 Å². The van der Waals surface area contributed by atoms with Crippen LogP contribution in [0.15, 0.2) is 24.3 Å². The molecule has 1 aromatic carbocycles. The Bertz CT molecular complexity index is 654. The summed E-state index contributed by atoms with van der Waals surface area (Å²) in [6.45, 7) is 0.281. The number of carboxylic acid groups (broad SMARTS) is 1. The number of amides is 1. The Morgan fingerprint density at radius 1 is 1.29 bits per heavy atom. The third-order valence-electron chi connectivity index (χ3n) is 3.44. The van der Waals surface area contributed by atoms with Gasteiger partial charge < -0.3 is 10.8 Å². The SMILES string of the molecule is NC(=O)C1CCCN1S(=O)(=O)Cc1ccc(C(=O)O)cc1. The Balaban J connectivity index is 2.17. The number of nitrogens with zero attached hydrogens (tertiary/aromatic N) is 1. The van der Waals surface area contributed by atoms with Gasteiger partial charge in [0.25, 0.3) is 0 Å². The van der Waals surface area contributed by atoms with Crippen LogP contribution in [0, 0.1) is 0 Å². The second kappa shape index (κ2) is 5.82. The largest absolute Gasteiger partial charge is 0.478 e. The van der Waals surface area contributed by atoms with Crippen molar-refractivity contribution in [2.75, 3.05) is 6.54 Å². The van der Waals surface area contributed by atoms with E-state index in [0.29, 0.717) is 18.4 Å². The number of nitrogens with two attached hydrogens (primary N) is 1. The van der Waals surface area contributed by atoms with E-state index in [4.69, 9.17) is 10.8 Å². The Kier molecular flexibility index (Phi) is 4.29. The third kappa shape index (κ3) is 3.40. The van der Waals surface area contributed by atoms with Gasteiger partial charge in [-0.25, -0.2) is 13.2 Å². The molecule has 8 heteroatoms. The van der Waals surface area contributed by atoms with E-state index in [-0.39, 0.29) is 17.9 Å². The van der Waals surface area contributed by atoms with Crippen LogP contribution in [0.4, 0.5) is 0 Å². The lowest BCUT2D eigenvalue weighted by Gasteiger charge is -2.21. The zero-order chi connectivity index (χ0) is 15.6. The van der Waals surface area contributed by atoms with Gasteiger partial charge in [0.1, 0.15) is 6.04 Å². The van der Waals surface area contributed by atoms with Crippen molar-refractivity contribution in [3.8, 4) is 0 Å². The molecular formula is C13H16N2O5S. The van der Waals surface area contributed by atoms with Gasteiger partial charge in [0, 0.05) is 6.54 Å². The summed E-state index contributed by atoms with van der Waals surface area (Å²) in [5.74, 6) is -1.99. The highest BCUT2D eigenvalue weighted by molar-refractivity contribution is 7.88. The summed E-state index contributed by atoms with van der Waals surface area (Å²) < 4.78 is 25.8. The molecule has 1 unspecified atom stereocenters. The molecule has 1 aromatic rings. The minimum Gasteiger partial charge on any atom is -0.478 e. The van der Waals surface area contributed by atoms with E-state index in [9.17, 15) is 18.0 Å². The highest BCUT2D eigenvalue weighted by Crippen LogP contribution is 2.23. The van der Waals surface area contributed by atoms with Gasteiger partial charge in [-0.05, 0) is 30.5 Å². The van der Waals surface area contributed by atoms with E-state index in [1.54, 1.807) is 0 Å². The second-order valence-electron chi connectivity index (χ2n) is 4.93. The molecule has 1 aliphatic heterocycles. The Labute approximate surface area is 122 Å². The molecule has 1 aliphatic rings. The summed E-state index contributed by atoms with van der Waals surface area (Å²) in [5, 5.41) is 8.80. The number of primary amides is 1. The van der Waals surface area contributed by atoms with Gasteiger partial charge in [-0.2, -0.15) is 4.31 Å². The van der Waals surface area contributed by atoms with Gasteiger partial charge in [0.15, 0.2) is 0 Å². The highest BCUT2D eigenvalue weighted by atomic mass is 32.2. The van der Waals surface area contributed by atoms with Crippen molar-refractivity contribution in [3.63, 3.8) is 0 Å². The van der Waals surface area contributed by atoms with Crippen LogP contribution >= 0.6 is 0 Å². The van der Waals surface area contributed by atoms with Crippen molar-refractivity contribution in [1.29, 1.82) is 0 Å². The van der Waals surface area contributed by atoms with Crippen LogP contribution in [-0.4, -0.2) is 42.3 Å². The maximum Gasteiger partial charge on any atom is 0.335 e. The van der Waals surface area contributed by atoms with Crippen molar-refractivity contribution in [2.24, 2.45) is 5.73 Å². The fraction of sp³-hybridized carbons (Fsp3) is 0.385. The zero-order valence-electron chi connectivity index (χ0n) is 11.2. The second-order valence-corrected chi connectivity index (χ2v) is 6.85. The predicted octanol–water partition coefficient (Wildman–Crippen LogP) is 0.164. The lowest BCUT2D eigenvalue weighted by molar-refractivity contribution is -0.121. The molecule has 21 heavy (non-hydrogen) atoms.